The number of hydrogen-bond donors (Lipinski definition) is 2. The number of rotatable bonds is 4. The molecule has 2 heterocycles. The van der Waals surface area contributed by atoms with Gasteiger partial charge in [0.15, 0.2) is 0 Å². The SMILES string of the molecule is Cl.O=C(NC(c1ccc(Cl)cc1)c1ccsc1)C1CNC1. The third kappa shape index (κ3) is 3.77. The van der Waals surface area contributed by atoms with E-state index in [0.717, 1.165) is 24.2 Å². The average Bonchev–Trinajstić information content (AvgIpc) is 2.88. The normalized spacial score (nSPS) is 15.7. The number of hydrogen-bond acceptors (Lipinski definition) is 3. The second-order valence-corrected chi connectivity index (χ2v) is 6.12. The van der Waals surface area contributed by atoms with E-state index in [1.807, 2.05) is 35.7 Å². The first kappa shape index (κ1) is 16.3. The number of carbonyl (C=O) groups is 1. The fraction of sp³-hybridized carbons (Fsp3) is 0.267. The summed E-state index contributed by atoms with van der Waals surface area (Å²) in [6.07, 6.45) is 0. The van der Waals surface area contributed by atoms with Crippen LogP contribution in [0.15, 0.2) is 41.1 Å². The number of amides is 1. The van der Waals surface area contributed by atoms with Crippen molar-refractivity contribution in [1.29, 1.82) is 0 Å². The first-order valence-corrected chi connectivity index (χ1v) is 7.85. The molecule has 1 atom stereocenters. The van der Waals surface area contributed by atoms with Crippen LogP contribution in [0.5, 0.6) is 0 Å². The Morgan fingerprint density at radius 1 is 1.24 bits per heavy atom. The molecular weight excluding hydrogens is 327 g/mol. The van der Waals surface area contributed by atoms with E-state index in [2.05, 4.69) is 16.0 Å². The van der Waals surface area contributed by atoms with Gasteiger partial charge in [0.2, 0.25) is 5.91 Å². The molecule has 112 valence electrons. The standard InChI is InChI=1S/C15H15ClN2OS.ClH/c16-13-3-1-10(2-4-13)14(11-5-6-20-9-11)18-15(19)12-7-17-8-12;/h1-6,9,12,14,17H,7-8H2,(H,18,19);1H. The highest BCUT2D eigenvalue weighted by Gasteiger charge is 2.27. The second kappa shape index (κ2) is 7.27. The summed E-state index contributed by atoms with van der Waals surface area (Å²) in [4.78, 5) is 12.2. The number of benzene rings is 1. The molecule has 6 heteroatoms. The Morgan fingerprint density at radius 3 is 2.48 bits per heavy atom. The van der Waals surface area contributed by atoms with Gasteiger partial charge in [-0.05, 0) is 40.1 Å². The van der Waals surface area contributed by atoms with Crippen LogP contribution < -0.4 is 10.6 Å². The van der Waals surface area contributed by atoms with Crippen LogP contribution in [0.25, 0.3) is 0 Å². The van der Waals surface area contributed by atoms with Crippen LogP contribution in [0.2, 0.25) is 5.02 Å². The average molecular weight is 343 g/mol. The molecular formula is C15H16Cl2N2OS. The maximum absolute atomic E-state index is 12.2. The fourth-order valence-electron chi connectivity index (χ4n) is 2.19. The van der Waals surface area contributed by atoms with Crippen LogP contribution in [0.1, 0.15) is 17.2 Å². The van der Waals surface area contributed by atoms with Crippen LogP contribution in [0, 0.1) is 5.92 Å². The Kier molecular flexibility index (Phi) is 5.65. The van der Waals surface area contributed by atoms with Gasteiger partial charge in [-0.15, -0.1) is 12.4 Å². The predicted molar refractivity (Wildman–Crippen MR) is 89.4 cm³/mol. The van der Waals surface area contributed by atoms with Crippen molar-refractivity contribution >= 4 is 41.3 Å². The van der Waals surface area contributed by atoms with Gasteiger partial charge >= 0.3 is 0 Å². The van der Waals surface area contributed by atoms with Gasteiger partial charge < -0.3 is 10.6 Å². The van der Waals surface area contributed by atoms with Crippen LogP contribution in [0.4, 0.5) is 0 Å². The molecule has 1 aromatic heterocycles. The van der Waals surface area contributed by atoms with E-state index in [4.69, 9.17) is 11.6 Å². The lowest BCUT2D eigenvalue weighted by Crippen LogP contribution is -2.51. The lowest BCUT2D eigenvalue weighted by molar-refractivity contribution is -0.126. The predicted octanol–water partition coefficient (Wildman–Crippen LogP) is 3.25. The number of nitrogens with one attached hydrogen (secondary N) is 2. The summed E-state index contributed by atoms with van der Waals surface area (Å²) in [7, 11) is 0. The lowest BCUT2D eigenvalue weighted by Gasteiger charge is -2.28. The summed E-state index contributed by atoms with van der Waals surface area (Å²) in [6, 6.07) is 9.57. The summed E-state index contributed by atoms with van der Waals surface area (Å²) < 4.78 is 0. The Balaban J connectivity index is 0.00000161. The Morgan fingerprint density at radius 2 is 1.95 bits per heavy atom. The van der Waals surface area contributed by atoms with Crippen LogP contribution in [-0.4, -0.2) is 19.0 Å². The number of carbonyl (C=O) groups excluding carboxylic acids is 1. The van der Waals surface area contributed by atoms with E-state index >= 15 is 0 Å². The Bertz CT molecular complexity index is 582. The minimum absolute atomic E-state index is 0. The quantitative estimate of drug-likeness (QED) is 0.895. The second-order valence-electron chi connectivity index (χ2n) is 4.91. The third-order valence-electron chi connectivity index (χ3n) is 3.52. The minimum atomic E-state index is -0.105. The van der Waals surface area contributed by atoms with Gasteiger partial charge in [-0.25, -0.2) is 0 Å². The summed E-state index contributed by atoms with van der Waals surface area (Å²) in [5.41, 5.74) is 2.16. The van der Waals surface area contributed by atoms with Crippen LogP contribution in [-0.2, 0) is 4.79 Å². The van der Waals surface area contributed by atoms with Gasteiger partial charge in [0.05, 0.1) is 12.0 Å². The zero-order valence-electron chi connectivity index (χ0n) is 11.2. The van der Waals surface area contributed by atoms with Crippen molar-refractivity contribution in [1.82, 2.24) is 10.6 Å². The molecule has 1 aliphatic rings. The number of thiophene rings is 1. The maximum Gasteiger partial charge on any atom is 0.226 e. The van der Waals surface area contributed by atoms with E-state index in [9.17, 15) is 4.79 Å². The van der Waals surface area contributed by atoms with Gasteiger partial charge in [0.25, 0.3) is 0 Å². The Labute approximate surface area is 139 Å². The monoisotopic (exact) mass is 342 g/mol. The molecule has 21 heavy (non-hydrogen) atoms. The topological polar surface area (TPSA) is 41.1 Å². The molecule has 0 aliphatic carbocycles. The van der Waals surface area contributed by atoms with E-state index in [-0.39, 0.29) is 30.3 Å². The van der Waals surface area contributed by atoms with Crippen molar-refractivity contribution in [2.75, 3.05) is 13.1 Å². The molecule has 1 fully saturated rings. The zero-order valence-corrected chi connectivity index (χ0v) is 13.6. The van der Waals surface area contributed by atoms with Crippen molar-refractivity contribution < 1.29 is 4.79 Å². The molecule has 3 rings (SSSR count). The van der Waals surface area contributed by atoms with Crippen molar-refractivity contribution in [3.8, 4) is 0 Å². The molecule has 2 aromatic rings. The molecule has 0 radical (unpaired) electrons. The summed E-state index contributed by atoms with van der Waals surface area (Å²) >= 11 is 7.57. The summed E-state index contributed by atoms with van der Waals surface area (Å²) in [5, 5.41) is 11.1. The van der Waals surface area contributed by atoms with E-state index in [0.29, 0.717) is 5.02 Å². The molecule has 1 aromatic carbocycles. The molecule has 1 amide bonds. The van der Waals surface area contributed by atoms with Gasteiger partial charge in [-0.2, -0.15) is 11.3 Å². The van der Waals surface area contributed by atoms with E-state index in [1.165, 1.54) is 0 Å². The highest BCUT2D eigenvalue weighted by molar-refractivity contribution is 7.08. The molecule has 0 bridgehead atoms. The van der Waals surface area contributed by atoms with Crippen molar-refractivity contribution in [3.63, 3.8) is 0 Å². The van der Waals surface area contributed by atoms with Gasteiger partial charge in [-0.1, -0.05) is 23.7 Å². The van der Waals surface area contributed by atoms with Crippen molar-refractivity contribution in [3.05, 3.63) is 57.2 Å². The van der Waals surface area contributed by atoms with Crippen molar-refractivity contribution in [2.24, 2.45) is 5.92 Å². The van der Waals surface area contributed by atoms with Gasteiger partial charge in [0.1, 0.15) is 0 Å². The molecule has 1 saturated heterocycles. The maximum atomic E-state index is 12.2. The lowest BCUT2D eigenvalue weighted by atomic mass is 9.98. The summed E-state index contributed by atoms with van der Waals surface area (Å²) in [5.74, 6) is 0.193. The van der Waals surface area contributed by atoms with Crippen LogP contribution in [0.3, 0.4) is 0 Å². The molecule has 0 spiro atoms. The zero-order chi connectivity index (χ0) is 13.9. The van der Waals surface area contributed by atoms with E-state index < -0.39 is 0 Å². The fourth-order valence-corrected chi connectivity index (χ4v) is 3.00. The third-order valence-corrected chi connectivity index (χ3v) is 4.47. The largest absolute Gasteiger partial charge is 0.345 e. The van der Waals surface area contributed by atoms with Gasteiger partial charge in [0, 0.05) is 18.1 Å². The van der Waals surface area contributed by atoms with E-state index in [1.54, 1.807) is 11.3 Å². The molecule has 1 unspecified atom stereocenters. The summed E-state index contributed by atoms with van der Waals surface area (Å²) in [6.45, 7) is 1.53. The first-order valence-electron chi connectivity index (χ1n) is 6.52. The molecule has 2 N–H and O–H groups in total. The van der Waals surface area contributed by atoms with Crippen molar-refractivity contribution in [2.45, 2.75) is 6.04 Å². The Hall–Kier alpha value is -1.07. The molecule has 3 nitrogen and oxygen atoms in total. The molecule has 0 saturated carbocycles. The smallest absolute Gasteiger partial charge is 0.226 e. The number of halogens is 2. The van der Waals surface area contributed by atoms with Gasteiger partial charge in [-0.3, -0.25) is 4.79 Å². The first-order chi connectivity index (χ1) is 9.74. The highest BCUT2D eigenvalue weighted by Crippen LogP contribution is 2.26. The highest BCUT2D eigenvalue weighted by atomic mass is 35.5. The minimum Gasteiger partial charge on any atom is -0.345 e. The van der Waals surface area contributed by atoms with Crippen LogP contribution >= 0.6 is 35.3 Å². The molecule has 1 aliphatic heterocycles.